The van der Waals surface area contributed by atoms with E-state index >= 15 is 0 Å². The lowest BCUT2D eigenvalue weighted by Gasteiger charge is -2.35. The smallest absolute Gasteiger partial charge is 0.256 e. The van der Waals surface area contributed by atoms with Crippen LogP contribution in [0.15, 0.2) is 18.2 Å². The minimum absolute atomic E-state index is 0.0746. The third-order valence-corrected chi connectivity index (χ3v) is 6.43. The molecule has 5 nitrogen and oxygen atoms in total. The van der Waals surface area contributed by atoms with Gasteiger partial charge in [-0.05, 0) is 62.3 Å². The van der Waals surface area contributed by atoms with Crippen LogP contribution in [0.2, 0.25) is 10.0 Å². The van der Waals surface area contributed by atoms with Crippen molar-refractivity contribution < 1.29 is 9.59 Å². The molecule has 3 atom stereocenters. The number of piperidine rings is 1. The first-order valence-corrected chi connectivity index (χ1v) is 11.4. The second-order valence-corrected chi connectivity index (χ2v) is 9.47. The maximum absolute atomic E-state index is 12.9. The number of nitrogens with zero attached hydrogens (tertiary/aromatic N) is 2. The van der Waals surface area contributed by atoms with Gasteiger partial charge in [0.05, 0.1) is 10.6 Å². The molecular weight excluding hydrogens is 409 g/mol. The molecule has 3 unspecified atom stereocenters. The summed E-state index contributed by atoms with van der Waals surface area (Å²) in [5, 5.41) is 3.84. The molecular formula is C22H31Cl2N3O2. The standard InChI is InChI=1S/C22H31Cl2N3O2/c1-15-11-16(2)14-26(13-15)9-4-8-25-21(28)20-5-3-10-27(20)22(29)18-12-17(23)6-7-19(18)24/h6-7,12,15-16,20H,3-5,8-11,13-14H2,1-2H3,(H,25,28). The highest BCUT2D eigenvalue weighted by Gasteiger charge is 2.35. The Labute approximate surface area is 183 Å². The van der Waals surface area contributed by atoms with Crippen molar-refractivity contribution in [1.82, 2.24) is 15.1 Å². The molecule has 1 aromatic rings. The first kappa shape index (κ1) is 22.4. The molecule has 2 heterocycles. The lowest BCUT2D eigenvalue weighted by molar-refractivity contribution is -0.124. The summed E-state index contributed by atoms with van der Waals surface area (Å²) in [7, 11) is 0. The molecule has 0 spiro atoms. The molecule has 3 rings (SSSR count). The maximum atomic E-state index is 12.9. The molecule has 7 heteroatoms. The van der Waals surface area contributed by atoms with Crippen molar-refractivity contribution in [2.45, 2.75) is 45.6 Å². The van der Waals surface area contributed by atoms with Crippen LogP contribution in [0.3, 0.4) is 0 Å². The zero-order valence-electron chi connectivity index (χ0n) is 17.3. The SMILES string of the molecule is CC1CC(C)CN(CCCNC(=O)C2CCCN2C(=O)c2cc(Cl)ccc2Cl)C1. The third kappa shape index (κ3) is 5.87. The lowest BCUT2D eigenvalue weighted by atomic mass is 9.92. The average molecular weight is 440 g/mol. The zero-order chi connectivity index (χ0) is 21.0. The molecule has 0 aliphatic carbocycles. The lowest BCUT2D eigenvalue weighted by Crippen LogP contribution is -2.46. The fourth-order valence-corrected chi connectivity index (χ4v) is 5.08. The van der Waals surface area contributed by atoms with Crippen molar-refractivity contribution in [3.05, 3.63) is 33.8 Å². The second kappa shape index (κ2) is 10.1. The van der Waals surface area contributed by atoms with E-state index in [1.165, 1.54) is 6.42 Å². The molecule has 160 valence electrons. The van der Waals surface area contributed by atoms with E-state index < -0.39 is 6.04 Å². The van der Waals surface area contributed by atoms with E-state index in [1.807, 2.05) is 0 Å². The van der Waals surface area contributed by atoms with Gasteiger partial charge in [0.15, 0.2) is 0 Å². The van der Waals surface area contributed by atoms with E-state index in [4.69, 9.17) is 23.2 Å². The van der Waals surface area contributed by atoms with Gasteiger partial charge in [-0.3, -0.25) is 9.59 Å². The van der Waals surface area contributed by atoms with Gasteiger partial charge in [-0.15, -0.1) is 0 Å². The summed E-state index contributed by atoms with van der Waals surface area (Å²) in [4.78, 5) is 29.8. The van der Waals surface area contributed by atoms with Crippen molar-refractivity contribution >= 4 is 35.0 Å². The van der Waals surface area contributed by atoms with Crippen LogP contribution in [0.5, 0.6) is 0 Å². The Bertz CT molecular complexity index is 733. The summed E-state index contributed by atoms with van der Waals surface area (Å²) in [5.41, 5.74) is 0.354. The van der Waals surface area contributed by atoms with Gasteiger partial charge < -0.3 is 15.1 Å². The molecule has 0 bridgehead atoms. The maximum Gasteiger partial charge on any atom is 0.256 e. The molecule has 2 aliphatic rings. The van der Waals surface area contributed by atoms with Crippen LogP contribution in [0, 0.1) is 11.8 Å². The number of amides is 2. The summed E-state index contributed by atoms with van der Waals surface area (Å²) >= 11 is 12.2. The summed E-state index contributed by atoms with van der Waals surface area (Å²) in [5.74, 6) is 1.18. The van der Waals surface area contributed by atoms with Crippen molar-refractivity contribution in [3.8, 4) is 0 Å². The zero-order valence-corrected chi connectivity index (χ0v) is 18.8. The Hall–Kier alpha value is -1.30. The van der Waals surface area contributed by atoms with E-state index in [2.05, 4.69) is 24.1 Å². The van der Waals surface area contributed by atoms with Crippen LogP contribution in [0.1, 0.15) is 49.9 Å². The van der Waals surface area contributed by atoms with Crippen molar-refractivity contribution in [3.63, 3.8) is 0 Å². The van der Waals surface area contributed by atoms with Crippen LogP contribution in [-0.2, 0) is 4.79 Å². The number of benzene rings is 1. The average Bonchev–Trinajstić information content (AvgIpc) is 3.15. The van der Waals surface area contributed by atoms with Gasteiger partial charge in [-0.25, -0.2) is 0 Å². The van der Waals surface area contributed by atoms with Crippen molar-refractivity contribution in [1.29, 1.82) is 0 Å². The van der Waals surface area contributed by atoms with Crippen LogP contribution >= 0.6 is 23.2 Å². The Morgan fingerprint density at radius 1 is 1.17 bits per heavy atom. The monoisotopic (exact) mass is 439 g/mol. The number of carbonyl (C=O) groups is 2. The minimum atomic E-state index is -0.437. The van der Waals surface area contributed by atoms with Crippen LogP contribution in [-0.4, -0.2) is 60.4 Å². The minimum Gasteiger partial charge on any atom is -0.354 e. The molecule has 0 saturated carbocycles. The Kier molecular flexibility index (Phi) is 7.83. The largest absolute Gasteiger partial charge is 0.354 e. The molecule has 0 radical (unpaired) electrons. The van der Waals surface area contributed by atoms with Gasteiger partial charge >= 0.3 is 0 Å². The summed E-state index contributed by atoms with van der Waals surface area (Å²) in [6, 6.07) is 4.40. The molecule has 1 aromatic carbocycles. The van der Waals surface area contributed by atoms with Crippen LogP contribution in [0.25, 0.3) is 0 Å². The number of carbonyl (C=O) groups excluding carboxylic acids is 2. The van der Waals surface area contributed by atoms with Gasteiger partial charge in [-0.1, -0.05) is 37.0 Å². The van der Waals surface area contributed by atoms with Gasteiger partial charge in [0.25, 0.3) is 5.91 Å². The number of halogens is 2. The number of hydrogen-bond acceptors (Lipinski definition) is 3. The van der Waals surface area contributed by atoms with E-state index in [1.54, 1.807) is 23.1 Å². The van der Waals surface area contributed by atoms with E-state index in [-0.39, 0.29) is 11.8 Å². The summed E-state index contributed by atoms with van der Waals surface area (Å²) in [6.07, 6.45) is 3.71. The Balaban J connectivity index is 1.49. The first-order chi connectivity index (χ1) is 13.8. The predicted octanol–water partition coefficient (Wildman–Crippen LogP) is 4.08. The highest BCUT2D eigenvalue weighted by atomic mass is 35.5. The Morgan fingerprint density at radius 2 is 1.90 bits per heavy atom. The van der Waals surface area contributed by atoms with Crippen molar-refractivity contribution in [2.24, 2.45) is 11.8 Å². The highest BCUT2D eigenvalue weighted by molar-refractivity contribution is 6.35. The summed E-state index contributed by atoms with van der Waals surface area (Å²) < 4.78 is 0. The molecule has 0 aromatic heterocycles. The van der Waals surface area contributed by atoms with E-state index in [0.717, 1.165) is 44.3 Å². The number of hydrogen-bond donors (Lipinski definition) is 1. The molecule has 2 amide bonds. The van der Waals surface area contributed by atoms with E-state index in [0.29, 0.717) is 35.1 Å². The van der Waals surface area contributed by atoms with Crippen molar-refractivity contribution in [2.75, 3.05) is 32.7 Å². The second-order valence-electron chi connectivity index (χ2n) is 8.63. The number of likely N-dealkylation sites (tertiary alicyclic amines) is 2. The normalized spacial score (nSPS) is 25.2. The molecule has 2 fully saturated rings. The first-order valence-electron chi connectivity index (χ1n) is 10.6. The predicted molar refractivity (Wildman–Crippen MR) is 118 cm³/mol. The molecule has 2 aliphatic heterocycles. The number of rotatable bonds is 6. The van der Waals surface area contributed by atoms with Gasteiger partial charge in [-0.2, -0.15) is 0 Å². The highest BCUT2D eigenvalue weighted by Crippen LogP contribution is 2.26. The third-order valence-electron chi connectivity index (χ3n) is 5.87. The quantitative estimate of drug-likeness (QED) is 0.679. The van der Waals surface area contributed by atoms with Crippen LogP contribution < -0.4 is 5.32 Å². The van der Waals surface area contributed by atoms with E-state index in [9.17, 15) is 9.59 Å². The fraction of sp³-hybridized carbons (Fsp3) is 0.636. The number of nitrogens with one attached hydrogen (secondary N) is 1. The Morgan fingerprint density at radius 3 is 2.62 bits per heavy atom. The fourth-order valence-electron chi connectivity index (χ4n) is 4.71. The van der Waals surface area contributed by atoms with Gasteiger partial charge in [0.2, 0.25) is 5.91 Å². The van der Waals surface area contributed by atoms with Gasteiger partial charge in [0, 0.05) is 31.2 Å². The summed E-state index contributed by atoms with van der Waals surface area (Å²) in [6.45, 7) is 9.09. The molecule has 29 heavy (non-hydrogen) atoms. The van der Waals surface area contributed by atoms with Crippen LogP contribution in [0.4, 0.5) is 0 Å². The topological polar surface area (TPSA) is 52.7 Å². The molecule has 2 saturated heterocycles. The molecule has 1 N–H and O–H groups in total. The van der Waals surface area contributed by atoms with Gasteiger partial charge in [0.1, 0.15) is 6.04 Å².